The number of rotatable bonds is 2. The van der Waals surface area contributed by atoms with E-state index in [9.17, 15) is 4.79 Å². The van der Waals surface area contributed by atoms with Crippen LogP contribution in [-0.4, -0.2) is 21.3 Å². The van der Waals surface area contributed by atoms with E-state index in [-0.39, 0.29) is 12.4 Å². The smallest absolute Gasteiger partial charge is 0.410 e. The Hall–Kier alpha value is -1.14. The quantitative estimate of drug-likeness (QED) is 0.738. The highest BCUT2D eigenvalue weighted by molar-refractivity contribution is 9.10. The van der Waals surface area contributed by atoms with Gasteiger partial charge in [-0.25, -0.2) is 9.78 Å². The number of aliphatic hydroxyl groups excluding tert-OH is 1. The Morgan fingerprint density at radius 1 is 1.62 bits per heavy atom. The second-order valence-electron chi connectivity index (χ2n) is 2.25. The molecule has 0 bridgehead atoms. The van der Waals surface area contributed by atoms with Crippen molar-refractivity contribution in [3.63, 3.8) is 0 Å². The van der Waals surface area contributed by atoms with Crippen molar-refractivity contribution in [3.05, 3.63) is 22.3 Å². The standard InChI is InChI=1S/C7H7BrN2O3/c8-4-1-5(3-11)9-6(2-4)10-7(12)13/h1-2,11H,3H2,(H,9,10)(H,12,13). The van der Waals surface area contributed by atoms with Crippen LogP contribution in [0.3, 0.4) is 0 Å². The lowest BCUT2D eigenvalue weighted by Crippen LogP contribution is -2.09. The van der Waals surface area contributed by atoms with Crippen molar-refractivity contribution in [1.29, 1.82) is 0 Å². The number of amides is 1. The molecule has 0 spiro atoms. The first kappa shape index (κ1) is 9.94. The van der Waals surface area contributed by atoms with Crippen molar-refractivity contribution in [2.45, 2.75) is 6.61 Å². The Bertz CT molecular complexity index is 330. The van der Waals surface area contributed by atoms with Crippen molar-refractivity contribution in [1.82, 2.24) is 4.98 Å². The third kappa shape index (κ3) is 3.00. The molecule has 0 aromatic carbocycles. The van der Waals surface area contributed by atoms with Crippen molar-refractivity contribution in [2.75, 3.05) is 5.32 Å². The molecule has 0 atom stereocenters. The van der Waals surface area contributed by atoms with Crippen molar-refractivity contribution < 1.29 is 15.0 Å². The molecule has 0 saturated carbocycles. The van der Waals surface area contributed by atoms with Crippen LogP contribution in [0.25, 0.3) is 0 Å². The van der Waals surface area contributed by atoms with Crippen molar-refractivity contribution >= 4 is 27.8 Å². The maximum Gasteiger partial charge on any atom is 0.410 e. The molecule has 0 unspecified atom stereocenters. The zero-order valence-corrected chi connectivity index (χ0v) is 8.08. The zero-order chi connectivity index (χ0) is 9.84. The van der Waals surface area contributed by atoms with Crippen LogP contribution in [-0.2, 0) is 6.61 Å². The van der Waals surface area contributed by atoms with Gasteiger partial charge in [0.05, 0.1) is 12.3 Å². The van der Waals surface area contributed by atoms with Gasteiger partial charge in [-0.1, -0.05) is 15.9 Å². The minimum atomic E-state index is -1.19. The zero-order valence-electron chi connectivity index (χ0n) is 6.49. The van der Waals surface area contributed by atoms with Crippen LogP contribution in [0.15, 0.2) is 16.6 Å². The molecule has 0 aliphatic carbocycles. The molecule has 0 radical (unpaired) electrons. The Balaban J connectivity index is 2.94. The minimum absolute atomic E-state index is 0.186. The van der Waals surface area contributed by atoms with E-state index >= 15 is 0 Å². The number of carbonyl (C=O) groups is 1. The monoisotopic (exact) mass is 246 g/mol. The lowest BCUT2D eigenvalue weighted by Gasteiger charge is -2.02. The van der Waals surface area contributed by atoms with Crippen molar-refractivity contribution in [2.24, 2.45) is 0 Å². The molecule has 70 valence electrons. The van der Waals surface area contributed by atoms with Gasteiger partial charge < -0.3 is 10.2 Å². The number of hydrogen-bond acceptors (Lipinski definition) is 3. The highest BCUT2D eigenvalue weighted by Gasteiger charge is 2.02. The fourth-order valence-electron chi connectivity index (χ4n) is 0.805. The first-order valence-corrected chi connectivity index (χ1v) is 4.18. The fourth-order valence-corrected chi connectivity index (χ4v) is 1.29. The summed E-state index contributed by atoms with van der Waals surface area (Å²) in [4.78, 5) is 14.1. The molecule has 0 aliphatic rings. The van der Waals surface area contributed by atoms with E-state index in [1.54, 1.807) is 6.07 Å². The number of pyridine rings is 1. The van der Waals surface area contributed by atoms with E-state index < -0.39 is 6.09 Å². The number of carboxylic acid groups (broad SMARTS) is 1. The first-order valence-electron chi connectivity index (χ1n) is 3.39. The average Bonchev–Trinajstić information content (AvgIpc) is 2.01. The van der Waals surface area contributed by atoms with E-state index in [1.165, 1.54) is 6.07 Å². The molecule has 3 N–H and O–H groups in total. The molecule has 1 rings (SSSR count). The van der Waals surface area contributed by atoms with E-state index in [0.29, 0.717) is 10.2 Å². The lowest BCUT2D eigenvalue weighted by atomic mass is 10.3. The fraction of sp³-hybridized carbons (Fsp3) is 0.143. The SMILES string of the molecule is O=C(O)Nc1cc(Br)cc(CO)n1. The summed E-state index contributed by atoms with van der Waals surface area (Å²) in [5, 5.41) is 19.2. The van der Waals surface area contributed by atoms with Crippen LogP contribution in [0.2, 0.25) is 0 Å². The maximum absolute atomic E-state index is 10.3. The summed E-state index contributed by atoms with van der Waals surface area (Å²) < 4.78 is 0.662. The summed E-state index contributed by atoms with van der Waals surface area (Å²) in [6, 6.07) is 3.11. The normalized spacial score (nSPS) is 9.69. The third-order valence-electron chi connectivity index (χ3n) is 1.24. The molecule has 0 fully saturated rings. The number of hydrogen-bond donors (Lipinski definition) is 3. The Labute approximate surface area is 82.5 Å². The summed E-state index contributed by atoms with van der Waals surface area (Å²) >= 11 is 3.16. The van der Waals surface area contributed by atoms with Crippen molar-refractivity contribution in [3.8, 4) is 0 Å². The van der Waals surface area contributed by atoms with Crippen LogP contribution < -0.4 is 5.32 Å². The number of nitrogens with one attached hydrogen (secondary N) is 1. The second kappa shape index (κ2) is 4.20. The summed E-state index contributed by atoms with van der Waals surface area (Å²) in [6.07, 6.45) is -1.19. The number of anilines is 1. The van der Waals surface area contributed by atoms with Gasteiger partial charge in [0.25, 0.3) is 0 Å². The summed E-state index contributed by atoms with van der Waals surface area (Å²) in [5.41, 5.74) is 0.401. The molecule has 13 heavy (non-hydrogen) atoms. The van der Waals surface area contributed by atoms with Crippen LogP contribution in [0.5, 0.6) is 0 Å². The van der Waals surface area contributed by atoms with Gasteiger partial charge in [0.15, 0.2) is 0 Å². The lowest BCUT2D eigenvalue weighted by molar-refractivity contribution is 0.209. The topological polar surface area (TPSA) is 82.5 Å². The summed E-state index contributed by atoms with van der Waals surface area (Å²) in [5.74, 6) is 0.186. The van der Waals surface area contributed by atoms with Gasteiger partial charge in [-0.3, -0.25) is 5.32 Å². The number of nitrogens with zero attached hydrogens (tertiary/aromatic N) is 1. The third-order valence-corrected chi connectivity index (χ3v) is 1.70. The number of halogens is 1. The van der Waals surface area contributed by atoms with Crippen LogP contribution in [0.4, 0.5) is 10.6 Å². The maximum atomic E-state index is 10.3. The predicted molar refractivity (Wildman–Crippen MR) is 49.5 cm³/mol. The molecule has 5 nitrogen and oxygen atoms in total. The first-order chi connectivity index (χ1) is 6.11. The second-order valence-corrected chi connectivity index (χ2v) is 3.17. The molecule has 1 aromatic heterocycles. The molecule has 0 saturated heterocycles. The molecular formula is C7H7BrN2O3. The Kier molecular flexibility index (Phi) is 3.21. The number of aliphatic hydroxyl groups is 1. The van der Waals surface area contributed by atoms with Gasteiger partial charge in [-0.05, 0) is 12.1 Å². The van der Waals surface area contributed by atoms with Gasteiger partial charge in [-0.15, -0.1) is 0 Å². The van der Waals surface area contributed by atoms with Gasteiger partial charge in [-0.2, -0.15) is 0 Å². The molecule has 6 heteroatoms. The van der Waals surface area contributed by atoms with Crippen LogP contribution in [0, 0.1) is 0 Å². The Morgan fingerprint density at radius 3 is 2.85 bits per heavy atom. The van der Waals surface area contributed by atoms with E-state index in [2.05, 4.69) is 26.2 Å². The minimum Gasteiger partial charge on any atom is -0.465 e. The highest BCUT2D eigenvalue weighted by atomic mass is 79.9. The largest absolute Gasteiger partial charge is 0.465 e. The predicted octanol–water partition coefficient (Wildman–Crippen LogP) is 1.43. The van der Waals surface area contributed by atoms with Gasteiger partial charge in [0.1, 0.15) is 5.82 Å². The van der Waals surface area contributed by atoms with Gasteiger partial charge >= 0.3 is 6.09 Å². The van der Waals surface area contributed by atoms with Gasteiger partial charge in [0, 0.05) is 4.47 Å². The van der Waals surface area contributed by atoms with Gasteiger partial charge in [0.2, 0.25) is 0 Å². The molecule has 1 heterocycles. The van der Waals surface area contributed by atoms with E-state index in [4.69, 9.17) is 10.2 Å². The molecule has 1 aromatic rings. The average molecular weight is 247 g/mol. The molecule has 1 amide bonds. The Morgan fingerprint density at radius 2 is 2.31 bits per heavy atom. The summed E-state index contributed by atoms with van der Waals surface area (Å²) in [7, 11) is 0. The number of aromatic nitrogens is 1. The van der Waals surface area contributed by atoms with E-state index in [1.807, 2.05) is 0 Å². The van der Waals surface area contributed by atoms with Crippen LogP contribution >= 0.6 is 15.9 Å². The highest BCUT2D eigenvalue weighted by Crippen LogP contribution is 2.15. The molecule has 0 aliphatic heterocycles. The molecular weight excluding hydrogens is 240 g/mol. The summed E-state index contributed by atoms with van der Waals surface area (Å²) in [6.45, 7) is -0.228. The van der Waals surface area contributed by atoms with Crippen LogP contribution in [0.1, 0.15) is 5.69 Å². The van der Waals surface area contributed by atoms with E-state index in [0.717, 1.165) is 0 Å².